The normalized spacial score (nSPS) is 12.1. The zero-order valence-electron chi connectivity index (χ0n) is 9.45. The van der Waals surface area contributed by atoms with Crippen molar-refractivity contribution in [1.82, 2.24) is 15.3 Å². The number of aromatic nitrogens is 2. The molecule has 1 unspecified atom stereocenters. The maximum atomic E-state index is 11.6. The molecule has 1 atom stereocenters. The van der Waals surface area contributed by atoms with Crippen molar-refractivity contribution >= 4 is 11.9 Å². The predicted molar refractivity (Wildman–Crippen MR) is 59.8 cm³/mol. The number of aromatic amines is 2. The SMILES string of the molecule is CCCC(CC(=O)O)NC(=O)c1c[nH]c(=O)[nH]1. The molecule has 0 aromatic carbocycles. The minimum Gasteiger partial charge on any atom is -0.481 e. The lowest BCUT2D eigenvalue weighted by atomic mass is 10.1. The fourth-order valence-electron chi connectivity index (χ4n) is 1.50. The fraction of sp³-hybridized carbons (Fsp3) is 0.500. The molecule has 0 bridgehead atoms. The maximum Gasteiger partial charge on any atom is 0.323 e. The highest BCUT2D eigenvalue weighted by molar-refractivity contribution is 5.92. The molecule has 1 aromatic heterocycles. The van der Waals surface area contributed by atoms with Gasteiger partial charge in [-0.3, -0.25) is 9.59 Å². The smallest absolute Gasteiger partial charge is 0.323 e. The molecule has 4 N–H and O–H groups in total. The van der Waals surface area contributed by atoms with Crippen LogP contribution in [0.1, 0.15) is 36.7 Å². The van der Waals surface area contributed by atoms with Gasteiger partial charge < -0.3 is 20.4 Å². The molecular formula is C10H15N3O4. The van der Waals surface area contributed by atoms with Crippen LogP contribution in [0.2, 0.25) is 0 Å². The fourth-order valence-corrected chi connectivity index (χ4v) is 1.50. The van der Waals surface area contributed by atoms with E-state index in [1.54, 1.807) is 0 Å². The molecule has 1 aromatic rings. The molecule has 17 heavy (non-hydrogen) atoms. The molecule has 0 saturated carbocycles. The Morgan fingerprint density at radius 3 is 2.71 bits per heavy atom. The monoisotopic (exact) mass is 241 g/mol. The Morgan fingerprint density at radius 1 is 1.53 bits per heavy atom. The third-order valence-corrected chi connectivity index (χ3v) is 2.23. The molecule has 0 aliphatic heterocycles. The van der Waals surface area contributed by atoms with Gasteiger partial charge in [0.15, 0.2) is 0 Å². The number of H-pyrrole nitrogens is 2. The van der Waals surface area contributed by atoms with Gasteiger partial charge in [-0.15, -0.1) is 0 Å². The zero-order valence-corrected chi connectivity index (χ0v) is 9.45. The number of carboxylic acids is 1. The van der Waals surface area contributed by atoms with Crippen molar-refractivity contribution < 1.29 is 14.7 Å². The van der Waals surface area contributed by atoms with Crippen molar-refractivity contribution in [2.75, 3.05) is 0 Å². The maximum absolute atomic E-state index is 11.6. The van der Waals surface area contributed by atoms with E-state index in [1.165, 1.54) is 6.20 Å². The zero-order chi connectivity index (χ0) is 12.8. The molecule has 1 amide bonds. The third-order valence-electron chi connectivity index (χ3n) is 2.23. The van der Waals surface area contributed by atoms with Crippen LogP contribution in [-0.4, -0.2) is 33.0 Å². The van der Waals surface area contributed by atoms with E-state index >= 15 is 0 Å². The summed E-state index contributed by atoms with van der Waals surface area (Å²) in [5.74, 6) is -1.45. The Bertz CT molecular complexity index is 448. The number of hydrogen-bond donors (Lipinski definition) is 4. The van der Waals surface area contributed by atoms with Crippen LogP contribution in [0.4, 0.5) is 0 Å². The first-order chi connectivity index (χ1) is 8.02. The van der Waals surface area contributed by atoms with Crippen molar-refractivity contribution in [1.29, 1.82) is 0 Å². The van der Waals surface area contributed by atoms with E-state index in [4.69, 9.17) is 5.11 Å². The van der Waals surface area contributed by atoms with Gasteiger partial charge >= 0.3 is 11.7 Å². The highest BCUT2D eigenvalue weighted by Crippen LogP contribution is 2.03. The van der Waals surface area contributed by atoms with Gasteiger partial charge in [-0.25, -0.2) is 4.79 Å². The van der Waals surface area contributed by atoms with Crippen molar-refractivity contribution in [2.24, 2.45) is 0 Å². The molecule has 0 aliphatic carbocycles. The van der Waals surface area contributed by atoms with Crippen LogP contribution in [0.25, 0.3) is 0 Å². The minimum atomic E-state index is -0.966. The summed E-state index contributed by atoms with van der Waals surface area (Å²) in [6.45, 7) is 1.90. The summed E-state index contributed by atoms with van der Waals surface area (Å²) >= 11 is 0. The molecule has 94 valence electrons. The summed E-state index contributed by atoms with van der Waals surface area (Å²) in [6, 6.07) is -0.427. The topological polar surface area (TPSA) is 115 Å². The predicted octanol–water partition coefficient (Wildman–Crippen LogP) is 0.0762. The largest absolute Gasteiger partial charge is 0.481 e. The van der Waals surface area contributed by atoms with E-state index in [2.05, 4.69) is 15.3 Å². The molecule has 7 heteroatoms. The first-order valence-electron chi connectivity index (χ1n) is 5.33. The number of amides is 1. The van der Waals surface area contributed by atoms with Gasteiger partial charge in [0.1, 0.15) is 5.69 Å². The number of carbonyl (C=O) groups excluding carboxylic acids is 1. The lowest BCUT2D eigenvalue weighted by Gasteiger charge is -2.15. The molecule has 7 nitrogen and oxygen atoms in total. The van der Waals surface area contributed by atoms with Crippen LogP contribution in [0, 0.1) is 0 Å². The van der Waals surface area contributed by atoms with Gasteiger partial charge in [-0.2, -0.15) is 0 Å². The summed E-state index contributed by atoms with van der Waals surface area (Å²) < 4.78 is 0. The molecule has 0 saturated heterocycles. The average molecular weight is 241 g/mol. The second-order valence-electron chi connectivity index (χ2n) is 3.71. The highest BCUT2D eigenvalue weighted by atomic mass is 16.4. The van der Waals surface area contributed by atoms with E-state index in [-0.39, 0.29) is 12.1 Å². The van der Waals surface area contributed by atoms with E-state index in [9.17, 15) is 14.4 Å². The number of imidazole rings is 1. The Labute approximate surface area is 97.2 Å². The van der Waals surface area contributed by atoms with Crippen LogP contribution in [0.5, 0.6) is 0 Å². The quantitative estimate of drug-likeness (QED) is 0.564. The lowest BCUT2D eigenvalue weighted by Crippen LogP contribution is -2.36. The molecule has 1 heterocycles. The van der Waals surface area contributed by atoms with Gasteiger partial charge in [-0.05, 0) is 6.42 Å². The second kappa shape index (κ2) is 5.88. The number of hydrogen-bond acceptors (Lipinski definition) is 3. The molecule has 0 spiro atoms. The molecule has 0 radical (unpaired) electrons. The average Bonchev–Trinajstić information content (AvgIpc) is 2.64. The number of carboxylic acid groups (broad SMARTS) is 1. The molecule has 1 rings (SSSR count). The van der Waals surface area contributed by atoms with Crippen LogP contribution in [0.3, 0.4) is 0 Å². The number of nitrogens with one attached hydrogen (secondary N) is 3. The van der Waals surface area contributed by atoms with Gasteiger partial charge in [0, 0.05) is 12.2 Å². The van der Waals surface area contributed by atoms with Crippen molar-refractivity contribution in [3.63, 3.8) is 0 Å². The summed E-state index contributed by atoms with van der Waals surface area (Å²) in [5.41, 5.74) is -0.373. The highest BCUT2D eigenvalue weighted by Gasteiger charge is 2.17. The lowest BCUT2D eigenvalue weighted by molar-refractivity contribution is -0.137. The first-order valence-corrected chi connectivity index (χ1v) is 5.33. The summed E-state index contributed by atoms with van der Waals surface area (Å²) in [7, 11) is 0. The standard InChI is InChI=1S/C10H15N3O4/c1-2-3-6(4-8(14)15)12-9(16)7-5-11-10(17)13-7/h5-6H,2-4H2,1H3,(H,12,16)(H,14,15)(H2,11,13,17). The Morgan fingerprint density at radius 2 is 2.24 bits per heavy atom. The third kappa shape index (κ3) is 4.13. The van der Waals surface area contributed by atoms with Gasteiger partial charge in [0.25, 0.3) is 5.91 Å². The van der Waals surface area contributed by atoms with E-state index in [1.807, 2.05) is 6.92 Å². The van der Waals surface area contributed by atoms with Crippen LogP contribution < -0.4 is 11.0 Å². The summed E-state index contributed by atoms with van der Waals surface area (Å²) in [4.78, 5) is 37.6. The first kappa shape index (κ1) is 13.0. The van der Waals surface area contributed by atoms with Gasteiger partial charge in [0.05, 0.1) is 6.42 Å². The van der Waals surface area contributed by atoms with Gasteiger partial charge in [-0.1, -0.05) is 13.3 Å². The molecular weight excluding hydrogens is 226 g/mol. The molecule has 0 fully saturated rings. The van der Waals surface area contributed by atoms with Crippen molar-refractivity contribution in [3.05, 3.63) is 22.4 Å². The Balaban J connectivity index is 2.63. The van der Waals surface area contributed by atoms with Crippen LogP contribution >= 0.6 is 0 Å². The van der Waals surface area contributed by atoms with E-state index in [0.29, 0.717) is 6.42 Å². The Kier molecular flexibility index (Phi) is 4.50. The van der Waals surface area contributed by atoms with Crippen molar-refractivity contribution in [3.8, 4) is 0 Å². The van der Waals surface area contributed by atoms with Gasteiger partial charge in [0.2, 0.25) is 0 Å². The number of aliphatic carboxylic acids is 1. The van der Waals surface area contributed by atoms with Crippen LogP contribution in [0.15, 0.2) is 11.0 Å². The second-order valence-corrected chi connectivity index (χ2v) is 3.71. The summed E-state index contributed by atoms with van der Waals surface area (Å²) in [5, 5.41) is 11.3. The van der Waals surface area contributed by atoms with Crippen molar-refractivity contribution in [2.45, 2.75) is 32.2 Å². The summed E-state index contributed by atoms with van der Waals surface area (Å²) in [6.07, 6.45) is 2.46. The van der Waals surface area contributed by atoms with E-state index in [0.717, 1.165) is 6.42 Å². The van der Waals surface area contributed by atoms with E-state index < -0.39 is 23.6 Å². The number of rotatable bonds is 6. The minimum absolute atomic E-state index is 0.0986. The number of carbonyl (C=O) groups is 2. The Hall–Kier alpha value is -2.05. The van der Waals surface area contributed by atoms with Crippen LogP contribution in [-0.2, 0) is 4.79 Å². The molecule has 0 aliphatic rings.